The third kappa shape index (κ3) is 4.20. The number of H-pyrrole nitrogens is 1. The van der Waals surface area contributed by atoms with Crippen LogP contribution >= 0.6 is 0 Å². The van der Waals surface area contributed by atoms with Crippen molar-refractivity contribution >= 4 is 5.52 Å². The molecule has 1 aliphatic rings. The first-order chi connectivity index (χ1) is 13.7. The monoisotopic (exact) mass is 382 g/mol. The Hall–Kier alpha value is -2.80. The predicted octanol–water partition coefficient (Wildman–Crippen LogP) is 2.95. The van der Waals surface area contributed by atoms with Crippen LogP contribution in [0.1, 0.15) is 25.7 Å². The molecule has 2 aromatic heterocycles. The summed E-state index contributed by atoms with van der Waals surface area (Å²) in [7, 11) is 1.62. The first kappa shape index (κ1) is 18.6. The first-order valence-corrected chi connectivity index (χ1v) is 9.85. The molecule has 0 amide bonds. The second-order valence-corrected chi connectivity index (χ2v) is 7.15. The lowest BCUT2D eigenvalue weighted by atomic mass is 10.1. The van der Waals surface area contributed by atoms with Gasteiger partial charge in [-0.15, -0.1) is 5.10 Å². The minimum Gasteiger partial charge on any atom is -0.497 e. The number of ether oxygens (including phenoxy) is 2. The van der Waals surface area contributed by atoms with E-state index in [4.69, 9.17) is 9.47 Å². The minimum absolute atomic E-state index is 0.198. The fourth-order valence-electron chi connectivity index (χ4n) is 3.64. The van der Waals surface area contributed by atoms with Gasteiger partial charge in [0.15, 0.2) is 0 Å². The Morgan fingerprint density at radius 2 is 2.04 bits per heavy atom. The number of methoxy groups -OCH3 is 1. The van der Waals surface area contributed by atoms with Crippen LogP contribution in [0.25, 0.3) is 16.8 Å². The lowest BCUT2D eigenvalue weighted by Gasteiger charge is -2.26. The van der Waals surface area contributed by atoms with Crippen LogP contribution in [0.2, 0.25) is 0 Å². The molecule has 1 aliphatic heterocycles. The highest BCUT2D eigenvalue weighted by molar-refractivity contribution is 5.62. The Bertz CT molecular complexity index is 989. The largest absolute Gasteiger partial charge is 0.497 e. The van der Waals surface area contributed by atoms with E-state index in [-0.39, 0.29) is 5.56 Å². The van der Waals surface area contributed by atoms with Gasteiger partial charge in [-0.05, 0) is 44.5 Å². The predicted molar refractivity (Wildman–Crippen MR) is 108 cm³/mol. The highest BCUT2D eigenvalue weighted by atomic mass is 16.5. The number of hydrogen-bond acceptors (Lipinski definition) is 5. The molecular weight excluding hydrogens is 356 g/mol. The lowest BCUT2D eigenvalue weighted by Crippen LogP contribution is -2.31. The number of nitrogens with one attached hydrogen (secondary N) is 1. The average molecular weight is 382 g/mol. The quantitative estimate of drug-likeness (QED) is 0.636. The van der Waals surface area contributed by atoms with Crippen molar-refractivity contribution in [1.82, 2.24) is 19.5 Å². The van der Waals surface area contributed by atoms with Crippen LogP contribution < -0.4 is 15.0 Å². The van der Waals surface area contributed by atoms with Crippen molar-refractivity contribution in [3.63, 3.8) is 0 Å². The lowest BCUT2D eigenvalue weighted by molar-refractivity contribution is 0.203. The molecule has 0 spiro atoms. The minimum atomic E-state index is -0.198. The first-order valence-electron chi connectivity index (χ1n) is 9.85. The Balaban J connectivity index is 1.44. The summed E-state index contributed by atoms with van der Waals surface area (Å²) in [5, 5.41) is 4.42. The Kier molecular flexibility index (Phi) is 5.62. The number of fused-ring (bicyclic) bond motifs is 1. The number of aromatic amines is 1. The van der Waals surface area contributed by atoms with Gasteiger partial charge in [0.25, 0.3) is 5.56 Å². The van der Waals surface area contributed by atoms with E-state index >= 15 is 0 Å². The SMILES string of the molecule is COc1cccc(-c2cn3nc(OCCCN4CCCCC4)cc3c(=O)[nH]2)c1. The molecule has 0 aliphatic carbocycles. The Morgan fingerprint density at radius 1 is 1.18 bits per heavy atom. The van der Waals surface area contributed by atoms with Crippen molar-refractivity contribution in [2.75, 3.05) is 33.4 Å². The molecule has 1 aromatic carbocycles. The number of benzene rings is 1. The highest BCUT2D eigenvalue weighted by Crippen LogP contribution is 2.22. The van der Waals surface area contributed by atoms with E-state index in [2.05, 4.69) is 15.0 Å². The summed E-state index contributed by atoms with van der Waals surface area (Å²) in [4.78, 5) is 17.9. The molecule has 148 valence electrons. The van der Waals surface area contributed by atoms with Crippen molar-refractivity contribution in [2.45, 2.75) is 25.7 Å². The maximum Gasteiger partial charge on any atom is 0.274 e. The number of aromatic nitrogens is 3. The highest BCUT2D eigenvalue weighted by Gasteiger charge is 2.11. The van der Waals surface area contributed by atoms with Crippen LogP contribution in [-0.4, -0.2) is 52.8 Å². The van der Waals surface area contributed by atoms with Gasteiger partial charge < -0.3 is 19.4 Å². The van der Waals surface area contributed by atoms with Crippen molar-refractivity contribution in [2.24, 2.45) is 0 Å². The Labute approximate surface area is 163 Å². The topological polar surface area (TPSA) is 71.9 Å². The number of piperidine rings is 1. The molecule has 0 atom stereocenters. The standard InChI is InChI=1S/C21H26N4O3/c1-27-17-8-5-7-16(13-17)18-15-25-19(21(26)22-18)14-20(23-25)28-12-6-11-24-9-3-2-4-10-24/h5,7-8,13-15H,2-4,6,9-12H2,1H3,(H,22,26). The fourth-order valence-corrected chi connectivity index (χ4v) is 3.64. The molecule has 4 rings (SSSR count). The molecule has 0 bridgehead atoms. The van der Waals surface area contributed by atoms with Gasteiger partial charge in [0, 0.05) is 18.2 Å². The molecule has 0 radical (unpaired) electrons. The molecular formula is C21H26N4O3. The maximum atomic E-state index is 12.5. The Morgan fingerprint density at radius 3 is 2.86 bits per heavy atom. The average Bonchev–Trinajstić information content (AvgIpc) is 3.15. The second-order valence-electron chi connectivity index (χ2n) is 7.15. The molecule has 7 nitrogen and oxygen atoms in total. The summed E-state index contributed by atoms with van der Waals surface area (Å²) >= 11 is 0. The molecule has 3 heterocycles. The molecule has 3 aromatic rings. The van der Waals surface area contributed by atoms with Crippen LogP contribution in [0.15, 0.2) is 41.3 Å². The van der Waals surface area contributed by atoms with Gasteiger partial charge in [-0.3, -0.25) is 4.79 Å². The van der Waals surface area contributed by atoms with E-state index in [1.807, 2.05) is 24.3 Å². The molecule has 28 heavy (non-hydrogen) atoms. The zero-order chi connectivity index (χ0) is 19.3. The second kappa shape index (κ2) is 8.48. The van der Waals surface area contributed by atoms with Crippen LogP contribution in [0.4, 0.5) is 0 Å². The summed E-state index contributed by atoms with van der Waals surface area (Å²) in [6.45, 7) is 4.03. The van der Waals surface area contributed by atoms with Gasteiger partial charge in [0.2, 0.25) is 5.88 Å². The van der Waals surface area contributed by atoms with Gasteiger partial charge in [-0.2, -0.15) is 0 Å². The van der Waals surface area contributed by atoms with E-state index in [0.29, 0.717) is 23.7 Å². The van der Waals surface area contributed by atoms with E-state index < -0.39 is 0 Å². The van der Waals surface area contributed by atoms with Crippen LogP contribution in [0, 0.1) is 0 Å². The van der Waals surface area contributed by atoms with Crippen molar-refractivity contribution in [3.8, 4) is 22.9 Å². The van der Waals surface area contributed by atoms with E-state index in [1.165, 1.54) is 32.4 Å². The number of nitrogens with zero attached hydrogens (tertiary/aromatic N) is 3. The molecule has 0 unspecified atom stereocenters. The summed E-state index contributed by atoms with van der Waals surface area (Å²) in [6.07, 6.45) is 6.70. The van der Waals surface area contributed by atoms with E-state index in [9.17, 15) is 4.79 Å². The van der Waals surface area contributed by atoms with Crippen molar-refractivity contribution in [1.29, 1.82) is 0 Å². The molecule has 0 saturated carbocycles. The zero-order valence-electron chi connectivity index (χ0n) is 16.2. The summed E-state index contributed by atoms with van der Waals surface area (Å²) in [5.41, 5.74) is 1.81. The van der Waals surface area contributed by atoms with Gasteiger partial charge in [-0.1, -0.05) is 18.6 Å². The maximum absolute atomic E-state index is 12.5. The third-order valence-corrected chi connectivity index (χ3v) is 5.14. The molecule has 7 heteroatoms. The van der Waals surface area contributed by atoms with Gasteiger partial charge in [0.1, 0.15) is 11.3 Å². The smallest absolute Gasteiger partial charge is 0.274 e. The van der Waals surface area contributed by atoms with Crippen LogP contribution in [-0.2, 0) is 0 Å². The number of likely N-dealkylation sites (tertiary alicyclic amines) is 1. The van der Waals surface area contributed by atoms with Crippen molar-refractivity contribution in [3.05, 3.63) is 46.9 Å². The van der Waals surface area contributed by atoms with E-state index in [1.54, 1.807) is 23.9 Å². The molecule has 1 fully saturated rings. The number of hydrogen-bond donors (Lipinski definition) is 1. The summed E-state index contributed by atoms with van der Waals surface area (Å²) in [6, 6.07) is 9.23. The van der Waals surface area contributed by atoms with E-state index in [0.717, 1.165) is 24.3 Å². The third-order valence-electron chi connectivity index (χ3n) is 5.14. The normalized spacial score (nSPS) is 15.0. The fraction of sp³-hybridized carbons (Fsp3) is 0.429. The molecule has 1 N–H and O–H groups in total. The van der Waals surface area contributed by atoms with Crippen molar-refractivity contribution < 1.29 is 9.47 Å². The summed E-state index contributed by atoms with van der Waals surface area (Å²) < 4.78 is 12.6. The number of rotatable bonds is 7. The molecule has 1 saturated heterocycles. The van der Waals surface area contributed by atoms with Gasteiger partial charge in [0.05, 0.1) is 25.6 Å². The summed E-state index contributed by atoms with van der Waals surface area (Å²) in [5.74, 6) is 1.21. The van der Waals surface area contributed by atoms with Crippen LogP contribution in [0.3, 0.4) is 0 Å². The van der Waals surface area contributed by atoms with Gasteiger partial charge in [-0.25, -0.2) is 4.52 Å². The van der Waals surface area contributed by atoms with Crippen LogP contribution in [0.5, 0.6) is 11.6 Å². The zero-order valence-corrected chi connectivity index (χ0v) is 16.2. The van der Waals surface area contributed by atoms with Gasteiger partial charge >= 0.3 is 0 Å².